The molecule has 1 amide bonds. The van der Waals surface area contributed by atoms with Gasteiger partial charge in [0.25, 0.3) is 5.91 Å². The number of rotatable bonds is 8. The molecule has 36 heavy (non-hydrogen) atoms. The Labute approximate surface area is 220 Å². The van der Waals surface area contributed by atoms with Crippen molar-refractivity contribution in [3.8, 4) is 5.75 Å². The van der Waals surface area contributed by atoms with Gasteiger partial charge < -0.3 is 9.47 Å². The van der Waals surface area contributed by atoms with Crippen LogP contribution in [0.1, 0.15) is 29.3 Å². The molecule has 1 saturated heterocycles. The van der Waals surface area contributed by atoms with Crippen LogP contribution in [0.5, 0.6) is 5.75 Å². The minimum Gasteiger partial charge on any atom is -0.493 e. The van der Waals surface area contributed by atoms with Crippen LogP contribution >= 0.6 is 22.9 Å². The molecule has 0 aliphatic carbocycles. The normalized spacial score (nSPS) is 14.4. The first kappa shape index (κ1) is 25.0. The van der Waals surface area contributed by atoms with Crippen LogP contribution in [0.3, 0.4) is 0 Å². The van der Waals surface area contributed by atoms with E-state index >= 15 is 0 Å². The number of aromatic nitrogens is 1. The molecule has 0 unspecified atom stereocenters. The predicted octanol–water partition coefficient (Wildman–Crippen LogP) is 6.18. The maximum atomic E-state index is 14.3. The van der Waals surface area contributed by atoms with Gasteiger partial charge in [-0.15, -0.1) is 0 Å². The SMILES string of the molecule is CCOc1ccc2ccccc2c1C(=O)N(CCCN1CCOCC1)c1nc2c(C)c(Cl)ccc2s1. The van der Waals surface area contributed by atoms with E-state index in [9.17, 15) is 4.79 Å². The number of carbonyl (C=O) groups is 1. The van der Waals surface area contributed by atoms with Crippen molar-refractivity contribution in [2.45, 2.75) is 20.3 Å². The first-order valence-electron chi connectivity index (χ1n) is 12.4. The van der Waals surface area contributed by atoms with Crippen LogP contribution < -0.4 is 9.64 Å². The number of fused-ring (bicyclic) bond motifs is 2. The average Bonchev–Trinajstić information content (AvgIpc) is 3.34. The smallest absolute Gasteiger partial charge is 0.264 e. The van der Waals surface area contributed by atoms with Gasteiger partial charge >= 0.3 is 0 Å². The average molecular weight is 524 g/mol. The summed E-state index contributed by atoms with van der Waals surface area (Å²) in [5.74, 6) is 0.500. The van der Waals surface area contributed by atoms with Gasteiger partial charge in [0.05, 0.1) is 35.6 Å². The van der Waals surface area contributed by atoms with E-state index in [1.807, 2.05) is 67.3 Å². The zero-order chi connectivity index (χ0) is 25.1. The summed E-state index contributed by atoms with van der Waals surface area (Å²) >= 11 is 7.90. The van der Waals surface area contributed by atoms with E-state index < -0.39 is 0 Å². The first-order valence-corrected chi connectivity index (χ1v) is 13.6. The molecule has 0 radical (unpaired) electrons. The Kier molecular flexibility index (Phi) is 7.72. The molecular formula is C28H30ClN3O3S. The number of benzene rings is 3. The molecule has 4 aromatic rings. The third-order valence-electron chi connectivity index (χ3n) is 6.58. The van der Waals surface area contributed by atoms with Gasteiger partial charge in [-0.2, -0.15) is 0 Å². The molecule has 1 aliphatic heterocycles. The number of halogens is 1. The highest BCUT2D eigenvalue weighted by Crippen LogP contribution is 2.36. The van der Waals surface area contributed by atoms with E-state index in [0.717, 1.165) is 65.8 Å². The molecule has 1 aromatic heterocycles. The lowest BCUT2D eigenvalue weighted by atomic mass is 10.0. The predicted molar refractivity (Wildman–Crippen MR) is 148 cm³/mol. The van der Waals surface area contributed by atoms with Crippen LogP contribution in [-0.2, 0) is 4.74 Å². The van der Waals surface area contributed by atoms with Crippen molar-refractivity contribution in [1.29, 1.82) is 0 Å². The van der Waals surface area contributed by atoms with Crippen LogP contribution in [-0.4, -0.2) is 61.8 Å². The number of thiazole rings is 1. The summed E-state index contributed by atoms with van der Waals surface area (Å²) < 4.78 is 12.4. The highest BCUT2D eigenvalue weighted by molar-refractivity contribution is 7.22. The highest BCUT2D eigenvalue weighted by atomic mass is 35.5. The molecule has 188 valence electrons. The maximum absolute atomic E-state index is 14.3. The number of hydrogen-bond acceptors (Lipinski definition) is 6. The van der Waals surface area contributed by atoms with Gasteiger partial charge in [0.15, 0.2) is 5.13 Å². The van der Waals surface area contributed by atoms with Crippen molar-refractivity contribution in [2.24, 2.45) is 0 Å². The lowest BCUT2D eigenvalue weighted by Crippen LogP contribution is -2.39. The van der Waals surface area contributed by atoms with E-state index in [1.54, 1.807) is 0 Å². The summed E-state index contributed by atoms with van der Waals surface area (Å²) in [5.41, 5.74) is 2.35. The molecule has 5 rings (SSSR count). The van der Waals surface area contributed by atoms with Gasteiger partial charge in [0.1, 0.15) is 5.75 Å². The molecule has 6 nitrogen and oxygen atoms in total. The molecule has 0 bridgehead atoms. The quantitative estimate of drug-likeness (QED) is 0.276. The number of amides is 1. The minimum atomic E-state index is -0.0972. The second-order valence-corrected chi connectivity index (χ2v) is 10.3. The number of anilines is 1. The fourth-order valence-corrected chi connectivity index (χ4v) is 5.85. The van der Waals surface area contributed by atoms with Gasteiger partial charge in [0.2, 0.25) is 0 Å². The summed E-state index contributed by atoms with van der Waals surface area (Å²) in [6.07, 6.45) is 0.830. The number of ether oxygens (including phenoxy) is 2. The van der Waals surface area contributed by atoms with E-state index in [4.69, 9.17) is 26.1 Å². The van der Waals surface area contributed by atoms with Crippen molar-refractivity contribution in [2.75, 3.05) is 50.9 Å². The molecule has 0 atom stereocenters. The summed E-state index contributed by atoms with van der Waals surface area (Å²) in [4.78, 5) is 23.4. The lowest BCUT2D eigenvalue weighted by Gasteiger charge is -2.28. The summed E-state index contributed by atoms with van der Waals surface area (Å²) in [6, 6.07) is 15.7. The number of aryl methyl sites for hydroxylation is 1. The van der Waals surface area contributed by atoms with E-state index in [2.05, 4.69) is 4.90 Å². The fourth-order valence-electron chi connectivity index (χ4n) is 4.65. The molecular weight excluding hydrogens is 494 g/mol. The topological polar surface area (TPSA) is 54.9 Å². The maximum Gasteiger partial charge on any atom is 0.264 e. The van der Waals surface area contributed by atoms with E-state index in [1.165, 1.54) is 11.3 Å². The summed E-state index contributed by atoms with van der Waals surface area (Å²) in [5, 5.41) is 3.24. The Morgan fingerprint density at radius 3 is 2.78 bits per heavy atom. The summed E-state index contributed by atoms with van der Waals surface area (Å²) in [7, 11) is 0. The van der Waals surface area contributed by atoms with Crippen LogP contribution in [0.2, 0.25) is 5.02 Å². The molecule has 2 heterocycles. The Morgan fingerprint density at radius 2 is 1.97 bits per heavy atom. The molecule has 0 spiro atoms. The Balaban J connectivity index is 1.55. The molecule has 0 N–H and O–H groups in total. The second-order valence-electron chi connectivity index (χ2n) is 8.87. The zero-order valence-electron chi connectivity index (χ0n) is 20.6. The number of carbonyl (C=O) groups excluding carboxylic acids is 1. The van der Waals surface area contributed by atoms with Gasteiger partial charge in [0, 0.05) is 31.2 Å². The minimum absolute atomic E-state index is 0.0972. The van der Waals surface area contributed by atoms with Gasteiger partial charge in [-0.3, -0.25) is 14.6 Å². The third kappa shape index (κ3) is 5.06. The largest absolute Gasteiger partial charge is 0.493 e. The number of nitrogens with zero attached hydrogens (tertiary/aromatic N) is 3. The number of morpholine rings is 1. The van der Waals surface area contributed by atoms with Crippen LogP contribution in [0.25, 0.3) is 21.0 Å². The fraction of sp³-hybridized carbons (Fsp3) is 0.357. The lowest BCUT2D eigenvalue weighted by molar-refractivity contribution is 0.0376. The van der Waals surface area contributed by atoms with Crippen molar-refractivity contribution >= 4 is 55.0 Å². The van der Waals surface area contributed by atoms with Crippen molar-refractivity contribution < 1.29 is 14.3 Å². The molecule has 8 heteroatoms. The number of hydrogen-bond donors (Lipinski definition) is 0. The van der Waals surface area contributed by atoms with Crippen molar-refractivity contribution in [1.82, 2.24) is 9.88 Å². The second kappa shape index (κ2) is 11.1. The van der Waals surface area contributed by atoms with Crippen molar-refractivity contribution in [3.63, 3.8) is 0 Å². The molecule has 1 fully saturated rings. The van der Waals surface area contributed by atoms with Crippen LogP contribution in [0.4, 0.5) is 5.13 Å². The van der Waals surface area contributed by atoms with Crippen molar-refractivity contribution in [3.05, 3.63) is 64.7 Å². The zero-order valence-corrected chi connectivity index (χ0v) is 22.2. The Hall–Kier alpha value is -2.71. The molecule has 1 aliphatic rings. The highest BCUT2D eigenvalue weighted by Gasteiger charge is 2.27. The van der Waals surface area contributed by atoms with Crippen LogP contribution in [0, 0.1) is 6.92 Å². The molecule has 0 saturated carbocycles. The molecule has 3 aromatic carbocycles. The van der Waals surface area contributed by atoms with Gasteiger partial charge in [-0.05, 0) is 54.8 Å². The standard InChI is InChI=1S/C28H30ClN3O3S/c1-3-35-23-11-9-20-7-4-5-8-21(20)25(23)27(33)32(14-6-13-31-15-17-34-18-16-31)28-30-26-19(2)22(29)10-12-24(26)36-28/h4-5,7-12H,3,6,13-18H2,1-2H3. The third-order valence-corrected chi connectivity index (χ3v) is 8.03. The monoisotopic (exact) mass is 523 g/mol. The van der Waals surface area contributed by atoms with Gasteiger partial charge in [-0.25, -0.2) is 4.98 Å². The van der Waals surface area contributed by atoms with E-state index in [0.29, 0.717) is 34.6 Å². The Bertz CT molecular complexity index is 1380. The van der Waals surface area contributed by atoms with Gasteiger partial charge in [-0.1, -0.05) is 53.3 Å². The first-order chi connectivity index (χ1) is 17.6. The van der Waals surface area contributed by atoms with E-state index in [-0.39, 0.29) is 5.91 Å². The Morgan fingerprint density at radius 1 is 1.17 bits per heavy atom. The summed E-state index contributed by atoms with van der Waals surface area (Å²) in [6.45, 7) is 9.20. The van der Waals surface area contributed by atoms with Crippen LogP contribution in [0.15, 0.2) is 48.5 Å².